The molecule has 1 aliphatic carbocycles. The summed E-state index contributed by atoms with van der Waals surface area (Å²) in [6, 6.07) is 11.9. The summed E-state index contributed by atoms with van der Waals surface area (Å²) < 4.78 is 60.1. The number of anilines is 2. The minimum atomic E-state index is -5.08. The maximum Gasteiger partial charge on any atom is 0.490 e. The number of sulfonamides is 1. The molecule has 0 aromatic heterocycles. The van der Waals surface area contributed by atoms with Crippen molar-refractivity contribution < 1.29 is 41.4 Å². The summed E-state index contributed by atoms with van der Waals surface area (Å²) in [6.07, 6.45) is 3.00. The quantitative estimate of drug-likeness (QED) is 0.383. The summed E-state index contributed by atoms with van der Waals surface area (Å²) in [7, 11) is -3.80. The molecule has 1 aliphatic heterocycles. The van der Waals surface area contributed by atoms with E-state index in [1.54, 1.807) is 24.3 Å². The largest absolute Gasteiger partial charge is 0.490 e. The van der Waals surface area contributed by atoms with Crippen LogP contribution >= 0.6 is 0 Å². The number of nitrogens with one attached hydrogen (secondary N) is 1. The first-order chi connectivity index (χ1) is 18.3. The lowest BCUT2D eigenvalue weighted by molar-refractivity contribution is -0.192. The summed E-state index contributed by atoms with van der Waals surface area (Å²) in [6.45, 7) is 3.81. The lowest BCUT2D eigenvalue weighted by Gasteiger charge is -2.33. The number of benzene rings is 2. The van der Waals surface area contributed by atoms with Crippen LogP contribution in [0, 0.1) is 5.92 Å². The van der Waals surface area contributed by atoms with Crippen LogP contribution in [0.3, 0.4) is 0 Å². The van der Waals surface area contributed by atoms with Crippen molar-refractivity contribution in [3.05, 3.63) is 53.6 Å². The van der Waals surface area contributed by atoms with Gasteiger partial charge in [-0.2, -0.15) is 13.2 Å². The second-order valence-electron chi connectivity index (χ2n) is 10.0. The van der Waals surface area contributed by atoms with Crippen LogP contribution in [-0.4, -0.2) is 49.8 Å². The molecule has 0 atom stereocenters. The maximum absolute atomic E-state index is 12.9. The second-order valence-corrected chi connectivity index (χ2v) is 11.7. The van der Waals surface area contributed by atoms with Crippen molar-refractivity contribution in [1.82, 2.24) is 0 Å². The molecule has 0 unspecified atom stereocenters. The number of carboxylic acid groups (broad SMARTS) is 2. The molecule has 4 rings (SSSR count). The summed E-state index contributed by atoms with van der Waals surface area (Å²) in [5, 5.41) is 16.9. The van der Waals surface area contributed by atoms with E-state index in [1.807, 2.05) is 12.1 Å². The molecule has 2 aromatic rings. The highest BCUT2D eigenvalue weighted by molar-refractivity contribution is 7.92. The molecule has 3 N–H and O–H groups in total. The number of hydrogen-bond donors (Lipinski definition) is 3. The molecule has 2 fully saturated rings. The molecule has 39 heavy (non-hydrogen) atoms. The van der Waals surface area contributed by atoms with Gasteiger partial charge >= 0.3 is 18.1 Å². The van der Waals surface area contributed by atoms with E-state index in [0.29, 0.717) is 17.5 Å². The fourth-order valence-corrected chi connectivity index (χ4v) is 5.91. The predicted octanol–water partition coefficient (Wildman–Crippen LogP) is 6.10. The zero-order valence-electron chi connectivity index (χ0n) is 21.6. The summed E-state index contributed by atoms with van der Waals surface area (Å²) in [4.78, 5) is 23.1. The first kappa shape index (κ1) is 30.3. The maximum atomic E-state index is 12.9. The zero-order valence-corrected chi connectivity index (χ0v) is 22.4. The Morgan fingerprint density at radius 2 is 1.49 bits per heavy atom. The molecule has 2 aromatic carbocycles. The van der Waals surface area contributed by atoms with Gasteiger partial charge in [0.05, 0.1) is 16.1 Å². The molecule has 0 amide bonds. The normalized spacial score (nSPS) is 17.2. The van der Waals surface area contributed by atoms with Gasteiger partial charge in [-0.1, -0.05) is 38.3 Å². The first-order valence-corrected chi connectivity index (χ1v) is 14.3. The van der Waals surface area contributed by atoms with Crippen molar-refractivity contribution in [3.8, 4) is 0 Å². The highest BCUT2D eigenvalue weighted by Crippen LogP contribution is 2.33. The van der Waals surface area contributed by atoms with Crippen LogP contribution in [0.25, 0.3) is 0 Å². The van der Waals surface area contributed by atoms with E-state index < -0.39 is 28.1 Å². The van der Waals surface area contributed by atoms with Gasteiger partial charge in [0.25, 0.3) is 10.0 Å². The third-order valence-electron chi connectivity index (χ3n) is 7.11. The van der Waals surface area contributed by atoms with Crippen molar-refractivity contribution in [1.29, 1.82) is 0 Å². The van der Waals surface area contributed by atoms with Gasteiger partial charge in [0.1, 0.15) is 0 Å². The van der Waals surface area contributed by atoms with Crippen LogP contribution in [0.1, 0.15) is 73.7 Å². The third-order valence-corrected chi connectivity index (χ3v) is 8.51. The number of carboxylic acids is 2. The van der Waals surface area contributed by atoms with Crippen LogP contribution in [0.15, 0.2) is 47.4 Å². The molecular formula is C27H33F3N2O6S. The van der Waals surface area contributed by atoms with E-state index in [2.05, 4.69) is 16.5 Å². The van der Waals surface area contributed by atoms with E-state index >= 15 is 0 Å². The average Bonchev–Trinajstić information content (AvgIpc) is 2.89. The third kappa shape index (κ3) is 8.35. The molecule has 1 heterocycles. The Kier molecular flexibility index (Phi) is 9.87. The molecule has 8 nitrogen and oxygen atoms in total. The van der Waals surface area contributed by atoms with Crippen molar-refractivity contribution in [2.24, 2.45) is 5.92 Å². The Bertz CT molecular complexity index is 1250. The van der Waals surface area contributed by atoms with Gasteiger partial charge in [-0.3, -0.25) is 4.72 Å². The highest BCUT2D eigenvalue weighted by atomic mass is 32.2. The van der Waals surface area contributed by atoms with Crippen LogP contribution in [0.2, 0.25) is 0 Å². The van der Waals surface area contributed by atoms with Crippen LogP contribution in [0.5, 0.6) is 0 Å². The number of aliphatic carboxylic acids is 1. The van der Waals surface area contributed by atoms with E-state index in [9.17, 15) is 31.5 Å². The Hall–Kier alpha value is -3.28. The Morgan fingerprint density at radius 3 is 2.00 bits per heavy atom. The molecule has 214 valence electrons. The standard InChI is InChI=1S/C25H32N2O4S.C2HF3O2/c1-18-13-15-27(16-14-18)24-12-9-21(17-23(24)25(28)29)26-32(30,31)22-10-7-20(8-11-22)19-5-3-2-4-6-19;3-2(4,5)1(6)7/h7-12,17-19,26H,2-6,13-16H2,1H3,(H,28,29);(H,6,7). The molecular weight excluding hydrogens is 537 g/mol. The summed E-state index contributed by atoms with van der Waals surface area (Å²) in [5.41, 5.74) is 2.21. The first-order valence-electron chi connectivity index (χ1n) is 12.8. The number of alkyl halides is 3. The van der Waals surface area contributed by atoms with E-state index in [1.165, 1.54) is 30.9 Å². The van der Waals surface area contributed by atoms with Gasteiger partial charge in [0, 0.05) is 18.8 Å². The number of piperidine rings is 1. The lowest BCUT2D eigenvalue weighted by Crippen LogP contribution is -2.33. The fourth-order valence-electron chi connectivity index (χ4n) is 4.87. The monoisotopic (exact) mass is 570 g/mol. The Labute approximate surface area is 225 Å². The lowest BCUT2D eigenvalue weighted by atomic mass is 9.84. The topological polar surface area (TPSA) is 124 Å². The molecule has 2 aliphatic rings. The smallest absolute Gasteiger partial charge is 0.478 e. The summed E-state index contributed by atoms with van der Waals surface area (Å²) in [5.74, 6) is -2.67. The zero-order chi connectivity index (χ0) is 28.8. The van der Waals surface area contributed by atoms with Crippen molar-refractivity contribution in [2.75, 3.05) is 22.7 Å². The van der Waals surface area contributed by atoms with Gasteiger partial charge in [0.15, 0.2) is 0 Å². The van der Waals surface area contributed by atoms with E-state index in [0.717, 1.165) is 38.8 Å². The number of aromatic carboxylic acids is 1. The molecule has 0 spiro atoms. The number of nitrogens with zero attached hydrogens (tertiary/aromatic N) is 1. The van der Waals surface area contributed by atoms with E-state index in [-0.39, 0.29) is 16.1 Å². The number of hydrogen-bond acceptors (Lipinski definition) is 5. The van der Waals surface area contributed by atoms with Crippen LogP contribution < -0.4 is 9.62 Å². The number of carbonyl (C=O) groups is 2. The van der Waals surface area contributed by atoms with Crippen molar-refractivity contribution in [3.63, 3.8) is 0 Å². The van der Waals surface area contributed by atoms with Gasteiger partial charge < -0.3 is 15.1 Å². The van der Waals surface area contributed by atoms with Crippen LogP contribution in [0.4, 0.5) is 24.5 Å². The minimum Gasteiger partial charge on any atom is -0.478 e. The van der Waals surface area contributed by atoms with Gasteiger partial charge in [-0.05, 0) is 73.4 Å². The molecule has 12 heteroatoms. The number of rotatable bonds is 6. The van der Waals surface area contributed by atoms with Gasteiger partial charge in [-0.25, -0.2) is 18.0 Å². The van der Waals surface area contributed by atoms with Gasteiger partial charge in [0.2, 0.25) is 0 Å². The fraction of sp³-hybridized carbons (Fsp3) is 0.481. The molecule has 1 saturated heterocycles. The highest BCUT2D eigenvalue weighted by Gasteiger charge is 2.38. The van der Waals surface area contributed by atoms with Gasteiger partial charge in [-0.15, -0.1) is 0 Å². The SMILES string of the molecule is CC1CCN(c2ccc(NS(=O)(=O)c3ccc(C4CCCCC4)cc3)cc2C(=O)O)CC1.O=C(O)C(F)(F)F. The minimum absolute atomic E-state index is 0.118. The summed E-state index contributed by atoms with van der Waals surface area (Å²) >= 11 is 0. The number of halogens is 3. The molecule has 0 bridgehead atoms. The van der Waals surface area contributed by atoms with Crippen LogP contribution in [-0.2, 0) is 14.8 Å². The Morgan fingerprint density at radius 1 is 0.923 bits per heavy atom. The Balaban J connectivity index is 0.000000532. The molecule has 0 radical (unpaired) electrons. The van der Waals surface area contributed by atoms with Crippen molar-refractivity contribution >= 4 is 33.3 Å². The van der Waals surface area contributed by atoms with Crippen molar-refractivity contribution in [2.45, 2.75) is 68.9 Å². The van der Waals surface area contributed by atoms with E-state index in [4.69, 9.17) is 9.90 Å². The second kappa shape index (κ2) is 12.7. The average molecular weight is 571 g/mol. The molecule has 1 saturated carbocycles. The predicted molar refractivity (Wildman–Crippen MR) is 141 cm³/mol.